The molecule has 0 aliphatic rings. The van der Waals surface area contributed by atoms with Gasteiger partial charge in [-0.25, -0.2) is 4.79 Å². The van der Waals surface area contributed by atoms with Gasteiger partial charge in [-0.2, -0.15) is 4.73 Å². The fourth-order valence-corrected chi connectivity index (χ4v) is 3.49. The van der Waals surface area contributed by atoms with Gasteiger partial charge < -0.3 is 20.0 Å². The summed E-state index contributed by atoms with van der Waals surface area (Å²) >= 11 is 0. The molecule has 1 N–H and O–H groups in total. The molecule has 0 saturated heterocycles. The number of nitrogens with zero attached hydrogens (tertiary/aromatic N) is 2. The highest BCUT2D eigenvalue weighted by atomic mass is 16.6. The van der Waals surface area contributed by atoms with Crippen molar-refractivity contribution in [1.29, 1.82) is 0 Å². The molecule has 0 atom stereocenters. The lowest BCUT2D eigenvalue weighted by molar-refractivity contribution is -0.605. The fourth-order valence-electron chi connectivity index (χ4n) is 3.49. The largest absolute Gasteiger partial charge is 0.619 e. The van der Waals surface area contributed by atoms with Crippen molar-refractivity contribution in [1.82, 2.24) is 4.90 Å². The van der Waals surface area contributed by atoms with Crippen molar-refractivity contribution in [3.63, 3.8) is 0 Å². The third kappa shape index (κ3) is 6.07. The van der Waals surface area contributed by atoms with E-state index in [1.807, 2.05) is 62.4 Å². The van der Waals surface area contributed by atoms with Gasteiger partial charge >= 0.3 is 12.1 Å². The molecule has 1 amide bonds. The number of hydrogen-bond donors (Lipinski definition) is 1. The highest BCUT2D eigenvalue weighted by molar-refractivity contribution is 5.73. The Morgan fingerprint density at radius 3 is 2.50 bits per heavy atom. The number of aliphatic carboxylic acids is 1. The first-order valence-electron chi connectivity index (χ1n) is 10.4. The third-order valence-corrected chi connectivity index (χ3v) is 5.03. The Morgan fingerprint density at radius 2 is 1.81 bits per heavy atom. The molecule has 0 aliphatic heterocycles. The molecule has 1 heterocycles. The van der Waals surface area contributed by atoms with Crippen LogP contribution in [0, 0.1) is 12.1 Å². The van der Waals surface area contributed by atoms with Crippen molar-refractivity contribution in [2.24, 2.45) is 0 Å². The smallest absolute Gasteiger partial charge is 0.410 e. The molecule has 0 saturated carbocycles. The second-order valence-electron chi connectivity index (χ2n) is 7.58. The summed E-state index contributed by atoms with van der Waals surface area (Å²) in [5.74, 6) is -1.01. The first-order valence-corrected chi connectivity index (χ1v) is 10.4. The van der Waals surface area contributed by atoms with Crippen LogP contribution in [0.4, 0.5) is 4.79 Å². The lowest BCUT2D eigenvalue weighted by Crippen LogP contribution is -2.31. The predicted molar refractivity (Wildman–Crippen MR) is 120 cm³/mol. The van der Waals surface area contributed by atoms with Gasteiger partial charge in [0, 0.05) is 24.2 Å². The molecule has 32 heavy (non-hydrogen) atoms. The fraction of sp³-hybridized carbons (Fsp3) is 0.240. The summed E-state index contributed by atoms with van der Waals surface area (Å²) in [6, 6.07) is 16.9. The molecule has 0 bridgehead atoms. The van der Waals surface area contributed by atoms with Gasteiger partial charge in [0.05, 0.1) is 6.42 Å². The van der Waals surface area contributed by atoms with Crippen LogP contribution in [0.5, 0.6) is 0 Å². The van der Waals surface area contributed by atoms with E-state index < -0.39 is 12.1 Å². The number of aryl methyl sites for hydroxylation is 1. The van der Waals surface area contributed by atoms with Crippen LogP contribution in [-0.2, 0) is 29.1 Å². The van der Waals surface area contributed by atoms with Crippen LogP contribution in [0.25, 0.3) is 11.1 Å². The molecular weight excluding hydrogens is 408 g/mol. The Kier molecular flexibility index (Phi) is 7.44. The van der Waals surface area contributed by atoms with Gasteiger partial charge in [-0.1, -0.05) is 54.1 Å². The van der Waals surface area contributed by atoms with Crippen LogP contribution in [0.2, 0.25) is 0 Å². The zero-order valence-corrected chi connectivity index (χ0v) is 18.2. The molecule has 0 unspecified atom stereocenters. The Labute approximate surface area is 187 Å². The molecule has 0 fully saturated rings. The Hall–Kier alpha value is -3.87. The lowest BCUT2D eigenvalue weighted by atomic mass is 9.97. The molecule has 0 aliphatic carbocycles. The first kappa shape index (κ1) is 22.8. The number of carbonyl (C=O) groups excluding carboxylic acids is 1. The summed E-state index contributed by atoms with van der Waals surface area (Å²) in [5, 5.41) is 21.2. The summed E-state index contributed by atoms with van der Waals surface area (Å²) < 4.78 is 6.09. The molecular formula is C25H26N2O5. The summed E-state index contributed by atoms with van der Waals surface area (Å²) in [6.07, 6.45) is 1.99. The van der Waals surface area contributed by atoms with E-state index in [4.69, 9.17) is 9.84 Å². The Morgan fingerprint density at radius 1 is 1.06 bits per heavy atom. The summed E-state index contributed by atoms with van der Waals surface area (Å²) in [7, 11) is 0. The van der Waals surface area contributed by atoms with E-state index in [2.05, 4.69) is 0 Å². The van der Waals surface area contributed by atoms with Crippen LogP contribution in [-0.4, -0.2) is 28.6 Å². The SMILES string of the molecule is CCN(Cc1cc(C)ccc1-c1cc(CC(=O)O)c[n+]([O-])c1)C(=O)OCc1ccccc1. The molecule has 7 nitrogen and oxygen atoms in total. The van der Waals surface area contributed by atoms with Gasteiger partial charge in [0.1, 0.15) is 6.61 Å². The Bertz CT molecular complexity index is 1100. The normalized spacial score (nSPS) is 10.6. The molecule has 3 rings (SSSR count). The number of ether oxygens (including phenoxy) is 1. The van der Waals surface area contributed by atoms with E-state index >= 15 is 0 Å². The van der Waals surface area contributed by atoms with Gasteiger partial charge in [-0.15, -0.1) is 0 Å². The zero-order chi connectivity index (χ0) is 23.1. The lowest BCUT2D eigenvalue weighted by Gasteiger charge is -2.22. The maximum Gasteiger partial charge on any atom is 0.410 e. The number of carboxylic acid groups (broad SMARTS) is 1. The van der Waals surface area contributed by atoms with E-state index in [0.29, 0.717) is 28.9 Å². The summed E-state index contributed by atoms with van der Waals surface area (Å²) in [6.45, 7) is 4.75. The number of aromatic nitrogens is 1. The van der Waals surface area contributed by atoms with Crippen molar-refractivity contribution < 1.29 is 24.2 Å². The highest BCUT2D eigenvalue weighted by Crippen LogP contribution is 2.26. The van der Waals surface area contributed by atoms with Gasteiger partial charge in [0.2, 0.25) is 0 Å². The molecule has 0 spiro atoms. The van der Waals surface area contributed by atoms with Crippen molar-refractivity contribution in [3.8, 4) is 11.1 Å². The number of amides is 1. The number of pyridine rings is 1. The van der Waals surface area contributed by atoms with Crippen LogP contribution in [0.3, 0.4) is 0 Å². The van der Waals surface area contributed by atoms with Crippen molar-refractivity contribution in [3.05, 3.63) is 94.5 Å². The summed E-state index contributed by atoms with van der Waals surface area (Å²) in [5.41, 5.74) is 4.53. The molecule has 3 aromatic rings. The molecule has 1 aromatic heterocycles. The minimum absolute atomic E-state index is 0.185. The van der Waals surface area contributed by atoms with Crippen LogP contribution < -0.4 is 4.73 Å². The van der Waals surface area contributed by atoms with Gasteiger partial charge in [0.25, 0.3) is 0 Å². The molecule has 0 radical (unpaired) electrons. The van der Waals surface area contributed by atoms with E-state index in [9.17, 15) is 14.8 Å². The van der Waals surface area contributed by atoms with E-state index in [-0.39, 0.29) is 13.0 Å². The second-order valence-corrected chi connectivity index (χ2v) is 7.58. The molecule has 7 heteroatoms. The summed E-state index contributed by atoms with van der Waals surface area (Å²) in [4.78, 5) is 25.4. The number of benzene rings is 2. The van der Waals surface area contributed by atoms with Crippen molar-refractivity contribution in [2.75, 3.05) is 6.54 Å². The van der Waals surface area contributed by atoms with E-state index in [0.717, 1.165) is 22.3 Å². The second kappa shape index (κ2) is 10.4. The standard InChI is InChI=1S/C25H26N2O5/c1-3-26(25(30)32-17-19-7-5-4-6-8-19)15-21-11-18(2)9-10-23(21)22-12-20(13-24(28)29)14-27(31)16-22/h4-12,14,16H,3,13,15,17H2,1-2H3,(H,28,29). The van der Waals surface area contributed by atoms with Crippen LogP contribution in [0.1, 0.15) is 29.2 Å². The maximum absolute atomic E-state index is 12.7. The van der Waals surface area contributed by atoms with Gasteiger partial charge in [0.15, 0.2) is 12.4 Å². The van der Waals surface area contributed by atoms with E-state index in [1.54, 1.807) is 11.0 Å². The maximum atomic E-state index is 12.7. The molecule has 166 valence electrons. The number of rotatable bonds is 8. The number of hydrogen-bond acceptors (Lipinski definition) is 4. The minimum Gasteiger partial charge on any atom is -0.619 e. The Balaban J connectivity index is 1.85. The average Bonchev–Trinajstić information content (AvgIpc) is 2.75. The molecule has 2 aromatic carbocycles. The van der Waals surface area contributed by atoms with Crippen molar-refractivity contribution in [2.45, 2.75) is 33.4 Å². The van der Waals surface area contributed by atoms with Crippen LogP contribution in [0.15, 0.2) is 67.0 Å². The number of carbonyl (C=O) groups is 2. The monoisotopic (exact) mass is 434 g/mol. The van der Waals surface area contributed by atoms with Crippen molar-refractivity contribution >= 4 is 12.1 Å². The highest BCUT2D eigenvalue weighted by Gasteiger charge is 2.18. The van der Waals surface area contributed by atoms with E-state index in [1.165, 1.54) is 12.4 Å². The average molecular weight is 434 g/mol. The topological polar surface area (TPSA) is 93.8 Å². The minimum atomic E-state index is -1.01. The predicted octanol–water partition coefficient (Wildman–Crippen LogP) is 4.08. The third-order valence-electron chi connectivity index (χ3n) is 5.03. The first-order chi connectivity index (χ1) is 15.4. The zero-order valence-electron chi connectivity index (χ0n) is 18.2. The number of carboxylic acids is 1. The van der Waals surface area contributed by atoms with Crippen LogP contribution >= 0.6 is 0 Å². The van der Waals surface area contributed by atoms with Gasteiger partial charge in [-0.3, -0.25) is 4.79 Å². The van der Waals surface area contributed by atoms with Gasteiger partial charge in [-0.05, 0) is 36.6 Å². The quantitative estimate of drug-likeness (QED) is 0.426.